The average molecular weight is 396 g/mol. The van der Waals surface area contributed by atoms with Crippen molar-refractivity contribution in [2.75, 3.05) is 20.8 Å². The molecule has 1 aliphatic rings. The number of carbonyl (C=O) groups excluding carboxylic acids is 1. The minimum atomic E-state index is -0.154. The van der Waals surface area contributed by atoms with Crippen molar-refractivity contribution in [1.29, 1.82) is 0 Å². The minimum Gasteiger partial charge on any atom is -0.508 e. The summed E-state index contributed by atoms with van der Waals surface area (Å²) in [5.41, 5.74) is 1.38. The molecule has 0 saturated carbocycles. The Bertz CT molecular complexity index is 969. The van der Waals surface area contributed by atoms with Crippen LogP contribution in [0, 0.1) is 0 Å². The highest BCUT2D eigenvalue weighted by molar-refractivity contribution is 8.18. The number of ether oxygens (including phenoxy) is 2. The van der Waals surface area contributed by atoms with Gasteiger partial charge in [-0.15, -0.1) is 6.58 Å². The molecule has 1 N–H and O–H groups in total. The van der Waals surface area contributed by atoms with Crippen molar-refractivity contribution in [2.45, 2.75) is 0 Å². The molecule has 6 nitrogen and oxygen atoms in total. The maximum atomic E-state index is 12.8. The van der Waals surface area contributed by atoms with Gasteiger partial charge in [0.25, 0.3) is 5.91 Å². The first-order chi connectivity index (χ1) is 13.5. The molecule has 2 aromatic rings. The van der Waals surface area contributed by atoms with Gasteiger partial charge in [-0.25, -0.2) is 4.99 Å². The number of thioether (sulfide) groups is 1. The first-order valence-electron chi connectivity index (χ1n) is 8.47. The molecule has 3 rings (SSSR count). The fraction of sp³-hybridized carbons (Fsp3) is 0.143. The van der Waals surface area contributed by atoms with E-state index in [9.17, 15) is 9.90 Å². The fourth-order valence-corrected chi connectivity index (χ4v) is 3.66. The number of phenols is 1. The van der Waals surface area contributed by atoms with Gasteiger partial charge in [-0.2, -0.15) is 0 Å². The van der Waals surface area contributed by atoms with Gasteiger partial charge in [-0.1, -0.05) is 18.2 Å². The highest BCUT2D eigenvalue weighted by atomic mass is 32.2. The molecule has 0 bridgehead atoms. The van der Waals surface area contributed by atoms with Crippen molar-refractivity contribution in [3.05, 3.63) is 65.6 Å². The van der Waals surface area contributed by atoms with Crippen LogP contribution in [0.3, 0.4) is 0 Å². The Morgan fingerprint density at radius 3 is 2.64 bits per heavy atom. The Morgan fingerprint density at radius 1 is 1.18 bits per heavy atom. The zero-order valence-corrected chi connectivity index (χ0v) is 16.4. The van der Waals surface area contributed by atoms with Crippen LogP contribution in [0.2, 0.25) is 0 Å². The van der Waals surface area contributed by atoms with Crippen LogP contribution < -0.4 is 9.47 Å². The van der Waals surface area contributed by atoms with E-state index < -0.39 is 0 Å². The molecule has 1 aliphatic heterocycles. The van der Waals surface area contributed by atoms with E-state index in [0.29, 0.717) is 33.8 Å². The predicted octanol–water partition coefficient (Wildman–Crippen LogP) is 4.20. The van der Waals surface area contributed by atoms with Crippen molar-refractivity contribution >= 4 is 34.6 Å². The molecular formula is C21H20N2O4S. The maximum Gasteiger partial charge on any atom is 0.267 e. The molecule has 28 heavy (non-hydrogen) atoms. The zero-order chi connectivity index (χ0) is 20.1. The van der Waals surface area contributed by atoms with E-state index in [1.54, 1.807) is 61.6 Å². The summed E-state index contributed by atoms with van der Waals surface area (Å²) in [5, 5.41) is 10.2. The lowest BCUT2D eigenvalue weighted by molar-refractivity contribution is -0.121. The molecule has 144 valence electrons. The Labute approximate surface area is 167 Å². The average Bonchev–Trinajstić information content (AvgIpc) is 2.97. The summed E-state index contributed by atoms with van der Waals surface area (Å²) < 4.78 is 10.6. The van der Waals surface area contributed by atoms with Crippen LogP contribution in [0.1, 0.15) is 5.56 Å². The van der Waals surface area contributed by atoms with E-state index in [2.05, 4.69) is 11.6 Å². The van der Waals surface area contributed by atoms with Crippen molar-refractivity contribution in [1.82, 2.24) is 4.90 Å². The number of amides is 1. The summed E-state index contributed by atoms with van der Waals surface area (Å²) in [5.74, 6) is 1.17. The molecule has 1 heterocycles. The summed E-state index contributed by atoms with van der Waals surface area (Å²) >= 11 is 1.27. The molecule has 1 amide bonds. The molecule has 0 radical (unpaired) electrons. The van der Waals surface area contributed by atoms with E-state index in [1.165, 1.54) is 11.8 Å². The topological polar surface area (TPSA) is 71.4 Å². The summed E-state index contributed by atoms with van der Waals surface area (Å²) in [6, 6.07) is 12.0. The van der Waals surface area contributed by atoms with Gasteiger partial charge in [0, 0.05) is 12.6 Å². The van der Waals surface area contributed by atoms with Crippen LogP contribution in [0.25, 0.3) is 6.08 Å². The largest absolute Gasteiger partial charge is 0.508 e. The molecule has 7 heteroatoms. The quantitative estimate of drug-likeness (QED) is 0.585. The number of amidine groups is 1. The van der Waals surface area contributed by atoms with Crippen LogP contribution in [-0.2, 0) is 4.79 Å². The Morgan fingerprint density at radius 2 is 1.96 bits per heavy atom. The molecule has 0 atom stereocenters. The van der Waals surface area contributed by atoms with Gasteiger partial charge in [0.2, 0.25) is 0 Å². The number of rotatable bonds is 6. The smallest absolute Gasteiger partial charge is 0.267 e. The van der Waals surface area contributed by atoms with Crippen LogP contribution in [0.15, 0.2) is 65.0 Å². The standard InChI is InChI=1S/C21H20N2O4S/c1-4-10-23-20(25)19(12-14-8-9-17(26-2)18(11-14)27-3)28-21(23)22-15-6-5-7-16(24)13-15/h4-9,11-13,24H,1,10H2,2-3H3. The van der Waals surface area contributed by atoms with Gasteiger partial charge in [0.15, 0.2) is 16.7 Å². The van der Waals surface area contributed by atoms with E-state index in [-0.39, 0.29) is 11.7 Å². The number of carbonyl (C=O) groups is 1. The molecular weight excluding hydrogens is 376 g/mol. The highest BCUT2D eigenvalue weighted by Gasteiger charge is 2.32. The normalized spacial score (nSPS) is 16.6. The van der Waals surface area contributed by atoms with Crippen molar-refractivity contribution in [3.63, 3.8) is 0 Å². The number of aliphatic imine (C=N–C) groups is 1. The van der Waals surface area contributed by atoms with E-state index >= 15 is 0 Å². The Hall–Kier alpha value is -3.19. The summed E-state index contributed by atoms with van der Waals surface area (Å²) in [4.78, 5) is 19.4. The number of hydrogen-bond donors (Lipinski definition) is 1. The van der Waals surface area contributed by atoms with E-state index in [4.69, 9.17) is 9.47 Å². The van der Waals surface area contributed by atoms with E-state index in [0.717, 1.165) is 5.56 Å². The lowest BCUT2D eigenvalue weighted by Gasteiger charge is -2.12. The third kappa shape index (κ3) is 4.20. The van der Waals surface area contributed by atoms with E-state index in [1.807, 2.05) is 12.1 Å². The number of phenolic OH excluding ortho intramolecular Hbond substituents is 1. The molecule has 1 saturated heterocycles. The second-order valence-electron chi connectivity index (χ2n) is 5.84. The molecule has 0 aliphatic carbocycles. The number of methoxy groups -OCH3 is 2. The molecule has 0 spiro atoms. The number of hydrogen-bond acceptors (Lipinski definition) is 6. The number of benzene rings is 2. The lowest BCUT2D eigenvalue weighted by Crippen LogP contribution is -2.29. The Kier molecular flexibility index (Phi) is 6.06. The second kappa shape index (κ2) is 8.67. The summed E-state index contributed by atoms with van der Waals surface area (Å²) in [6.45, 7) is 4.06. The highest BCUT2D eigenvalue weighted by Crippen LogP contribution is 2.36. The third-order valence-corrected chi connectivity index (χ3v) is 4.97. The second-order valence-corrected chi connectivity index (χ2v) is 6.85. The summed E-state index contributed by atoms with van der Waals surface area (Å²) in [6.07, 6.45) is 3.44. The van der Waals surface area contributed by atoms with Crippen LogP contribution >= 0.6 is 11.8 Å². The lowest BCUT2D eigenvalue weighted by atomic mass is 10.2. The van der Waals surface area contributed by atoms with Crippen molar-refractivity contribution in [2.24, 2.45) is 4.99 Å². The van der Waals surface area contributed by atoms with Gasteiger partial charge < -0.3 is 14.6 Å². The first kappa shape index (κ1) is 19.6. The third-order valence-electron chi connectivity index (χ3n) is 3.96. The number of nitrogens with zero attached hydrogens (tertiary/aromatic N) is 2. The fourth-order valence-electron chi connectivity index (χ4n) is 2.65. The van der Waals surface area contributed by atoms with Gasteiger partial charge in [0.05, 0.1) is 24.8 Å². The van der Waals surface area contributed by atoms with Gasteiger partial charge in [-0.05, 0) is 47.7 Å². The first-order valence-corrected chi connectivity index (χ1v) is 9.29. The zero-order valence-electron chi connectivity index (χ0n) is 15.6. The van der Waals surface area contributed by atoms with Crippen LogP contribution in [-0.4, -0.2) is 41.8 Å². The van der Waals surface area contributed by atoms with Crippen LogP contribution in [0.4, 0.5) is 5.69 Å². The van der Waals surface area contributed by atoms with Gasteiger partial charge >= 0.3 is 0 Å². The van der Waals surface area contributed by atoms with Gasteiger partial charge in [-0.3, -0.25) is 9.69 Å². The van der Waals surface area contributed by atoms with Gasteiger partial charge in [0.1, 0.15) is 5.75 Å². The maximum absolute atomic E-state index is 12.8. The molecule has 0 aromatic heterocycles. The van der Waals surface area contributed by atoms with Crippen molar-refractivity contribution in [3.8, 4) is 17.2 Å². The molecule has 2 aromatic carbocycles. The van der Waals surface area contributed by atoms with Crippen molar-refractivity contribution < 1.29 is 19.4 Å². The predicted molar refractivity (Wildman–Crippen MR) is 112 cm³/mol. The van der Waals surface area contributed by atoms with Crippen LogP contribution in [0.5, 0.6) is 17.2 Å². The summed E-state index contributed by atoms with van der Waals surface area (Å²) in [7, 11) is 3.14. The monoisotopic (exact) mass is 396 g/mol. The molecule has 0 unspecified atom stereocenters. The molecule has 1 fully saturated rings. The Balaban J connectivity index is 1.96. The minimum absolute atomic E-state index is 0.118. The SMILES string of the molecule is C=CCN1C(=O)C(=Cc2ccc(OC)c(OC)c2)SC1=Nc1cccc(O)c1. The number of aromatic hydroxyl groups is 1.